The van der Waals surface area contributed by atoms with Crippen LogP contribution in [0.4, 0.5) is 13.2 Å². The molecule has 8 nitrogen and oxygen atoms in total. The second kappa shape index (κ2) is 10.3. The van der Waals surface area contributed by atoms with Crippen LogP contribution < -0.4 is 5.32 Å². The summed E-state index contributed by atoms with van der Waals surface area (Å²) in [6.07, 6.45) is 3.03. The molecule has 1 saturated carbocycles. The fourth-order valence-electron chi connectivity index (χ4n) is 8.48. The maximum absolute atomic E-state index is 13.7. The number of esters is 1. The molecule has 2 aliphatic heterocycles. The summed E-state index contributed by atoms with van der Waals surface area (Å²) >= 11 is 0. The predicted molar refractivity (Wildman–Crippen MR) is 149 cm³/mol. The number of aliphatic hydroxyl groups is 1. The number of rotatable bonds is 7. The van der Waals surface area contributed by atoms with Gasteiger partial charge in [0, 0.05) is 36.7 Å². The first-order chi connectivity index (χ1) is 20.3. The number of halogens is 3. The molecule has 2 heterocycles. The van der Waals surface area contributed by atoms with Crippen LogP contribution in [0.3, 0.4) is 0 Å². The van der Waals surface area contributed by atoms with Crippen molar-refractivity contribution < 1.29 is 46.6 Å². The van der Waals surface area contributed by atoms with Gasteiger partial charge in [0.15, 0.2) is 11.5 Å². The second-order valence-corrected chi connectivity index (χ2v) is 12.5. The smallest absolute Gasteiger partial charge is 0.422 e. The summed E-state index contributed by atoms with van der Waals surface area (Å²) in [6.45, 7) is 6.74. The highest BCUT2D eigenvalue weighted by atomic mass is 19.4. The first-order valence-corrected chi connectivity index (χ1v) is 14.6. The quantitative estimate of drug-likeness (QED) is 0.120. The number of carbonyl (C=O) groups is 2. The molecule has 11 heteroatoms. The summed E-state index contributed by atoms with van der Waals surface area (Å²) in [5.41, 5.74) is -0.491. The van der Waals surface area contributed by atoms with Gasteiger partial charge in [-0.1, -0.05) is 49.4 Å². The van der Waals surface area contributed by atoms with Gasteiger partial charge in [0.05, 0.1) is 32.3 Å². The summed E-state index contributed by atoms with van der Waals surface area (Å²) in [4.78, 5) is 25.6. The Morgan fingerprint density at radius 2 is 2.00 bits per heavy atom. The van der Waals surface area contributed by atoms with Crippen LogP contribution in [-0.2, 0) is 23.8 Å². The molecule has 3 aliphatic carbocycles. The van der Waals surface area contributed by atoms with Gasteiger partial charge >= 0.3 is 12.3 Å². The van der Waals surface area contributed by atoms with Crippen LogP contribution in [0.2, 0.25) is 0 Å². The highest BCUT2D eigenvalue weighted by Gasteiger charge is 2.70. The number of nitrogens with one attached hydrogen (secondary N) is 1. The predicted octanol–water partition coefficient (Wildman–Crippen LogP) is 4.49. The lowest BCUT2D eigenvalue weighted by Gasteiger charge is -2.61. The Hall–Kier alpha value is -3.41. The van der Waals surface area contributed by atoms with Gasteiger partial charge in [-0.25, -0.2) is 0 Å². The number of ether oxygens (including phenoxy) is 3. The molecule has 3 fully saturated rings. The number of likely N-dealkylation sites (N-methyl/N-ethyl adjacent to an activating group) is 1. The fraction of sp³-hybridized carbons (Fsp3) is 0.500. The third-order valence-electron chi connectivity index (χ3n) is 10.1. The molecule has 1 spiro atoms. The van der Waals surface area contributed by atoms with Crippen molar-refractivity contribution in [3.05, 3.63) is 77.6 Å². The highest BCUT2D eigenvalue weighted by molar-refractivity contribution is 5.99. The zero-order chi connectivity index (χ0) is 30.8. The normalized spacial score (nSPS) is 36.3. The van der Waals surface area contributed by atoms with Crippen molar-refractivity contribution >= 4 is 17.6 Å². The van der Waals surface area contributed by atoms with Crippen molar-refractivity contribution in [2.75, 3.05) is 20.1 Å². The molecular formula is C32H36F3N2O6+. The topological polar surface area (TPSA) is 94.1 Å². The van der Waals surface area contributed by atoms with Crippen molar-refractivity contribution in [3.63, 3.8) is 0 Å². The Morgan fingerprint density at radius 3 is 2.67 bits per heavy atom. The fourth-order valence-corrected chi connectivity index (χ4v) is 8.48. The van der Waals surface area contributed by atoms with Gasteiger partial charge < -0.3 is 29.1 Å². The van der Waals surface area contributed by atoms with Crippen LogP contribution in [-0.4, -0.2) is 71.9 Å². The zero-order valence-corrected chi connectivity index (χ0v) is 24.2. The molecule has 5 aliphatic rings. The molecule has 1 aromatic carbocycles. The number of hydrogen-bond acceptors (Lipinski definition) is 6. The second-order valence-electron chi connectivity index (χ2n) is 12.5. The van der Waals surface area contributed by atoms with Crippen LogP contribution >= 0.6 is 0 Å². The van der Waals surface area contributed by atoms with E-state index in [2.05, 4.69) is 23.7 Å². The molecule has 2 N–H and O–H groups in total. The molecule has 1 aromatic rings. The Morgan fingerprint density at radius 1 is 1.26 bits per heavy atom. The van der Waals surface area contributed by atoms with Crippen molar-refractivity contribution in [2.45, 2.75) is 69.4 Å². The molecule has 230 valence electrons. The Balaban J connectivity index is 1.39. The van der Waals surface area contributed by atoms with E-state index >= 15 is 0 Å². The highest BCUT2D eigenvalue weighted by Crippen LogP contribution is 2.66. The van der Waals surface area contributed by atoms with E-state index in [4.69, 9.17) is 9.47 Å². The molecule has 3 unspecified atom stereocenters. The Kier molecular flexibility index (Phi) is 7.14. The molecule has 0 aromatic heterocycles. The lowest BCUT2D eigenvalue weighted by molar-refractivity contribution is -0.940. The number of nitrogens with zero attached hydrogens (tertiary/aromatic N) is 1. The van der Waals surface area contributed by atoms with Gasteiger partial charge in [0.25, 0.3) is 5.91 Å². The number of amides is 1. The minimum absolute atomic E-state index is 0.00867. The number of allylic oxidation sites excluding steroid dienone is 1. The summed E-state index contributed by atoms with van der Waals surface area (Å²) in [6, 6.07) is 7.73. The van der Waals surface area contributed by atoms with Crippen LogP contribution in [0, 0.1) is 11.3 Å². The van der Waals surface area contributed by atoms with Crippen molar-refractivity contribution in [3.8, 4) is 0 Å². The number of alkyl halides is 3. The minimum atomic E-state index is -5.30. The first kappa shape index (κ1) is 29.7. The maximum Gasteiger partial charge on any atom is 0.573 e. The van der Waals surface area contributed by atoms with E-state index in [9.17, 15) is 27.9 Å². The molecule has 7 atom stereocenters. The van der Waals surface area contributed by atoms with E-state index in [1.54, 1.807) is 12.1 Å². The van der Waals surface area contributed by atoms with Gasteiger partial charge in [-0.15, -0.1) is 13.2 Å². The molecule has 2 saturated heterocycles. The van der Waals surface area contributed by atoms with E-state index in [0.717, 1.165) is 67.7 Å². The number of piperidine rings is 1. The first-order valence-electron chi connectivity index (χ1n) is 14.6. The summed E-state index contributed by atoms with van der Waals surface area (Å²) in [5, 5.41) is 14.4. The summed E-state index contributed by atoms with van der Waals surface area (Å²) in [5.74, 6) is -4.09. The van der Waals surface area contributed by atoms with E-state index in [0.29, 0.717) is 12.0 Å². The molecule has 1 amide bonds. The monoisotopic (exact) mass is 601 g/mol. The van der Waals surface area contributed by atoms with Gasteiger partial charge in [0.2, 0.25) is 5.76 Å². The Labute approximate surface area is 248 Å². The third-order valence-corrected chi connectivity index (χ3v) is 10.1. The standard InChI is InChI=1S/C32H35F3N2O6/c1-4-16-37(3)17-15-30-22-11-8-12-24(30)42-28-25(30)21(18-23(22)37)13-14-31(28,40)36-29(39)27(43-32(33,34)35)26(41-19(2)38)20-9-6-5-7-10-20/h4-7,9-10,13-14,22-24,28,40H,1,8,11-12,15-18H2,2-3H3/p+1/t22-,23+,24-,28?,30+,31?,37?/m0/s1. The average Bonchev–Trinajstić information content (AvgIpc) is 3.30. The molecule has 6 rings (SSSR count). The number of quaternary nitrogens is 1. The van der Waals surface area contributed by atoms with Gasteiger partial charge in [-0.05, 0) is 36.1 Å². The lowest BCUT2D eigenvalue weighted by atomic mass is 9.50. The molecular weight excluding hydrogens is 565 g/mol. The average molecular weight is 602 g/mol. The van der Waals surface area contributed by atoms with Crippen molar-refractivity contribution in [2.24, 2.45) is 11.3 Å². The summed E-state index contributed by atoms with van der Waals surface area (Å²) < 4.78 is 57.6. The largest absolute Gasteiger partial charge is 0.573 e. The van der Waals surface area contributed by atoms with Gasteiger partial charge in [0.1, 0.15) is 6.10 Å². The number of carbonyl (C=O) groups excluding carboxylic acids is 2. The number of benzene rings is 1. The van der Waals surface area contributed by atoms with Crippen molar-refractivity contribution in [1.82, 2.24) is 5.32 Å². The van der Waals surface area contributed by atoms with Crippen LogP contribution in [0.25, 0.3) is 5.76 Å². The Bertz CT molecular complexity index is 1440. The number of likely N-dealkylation sites (tertiary alicyclic amines) is 1. The number of hydrogen-bond donors (Lipinski definition) is 2. The molecule has 0 radical (unpaired) electrons. The summed E-state index contributed by atoms with van der Waals surface area (Å²) in [7, 11) is 2.27. The van der Waals surface area contributed by atoms with Crippen LogP contribution in [0.5, 0.6) is 0 Å². The third kappa shape index (κ3) is 4.81. The van der Waals surface area contributed by atoms with Crippen LogP contribution in [0.1, 0.15) is 44.6 Å². The van der Waals surface area contributed by atoms with E-state index in [-0.39, 0.29) is 17.1 Å². The van der Waals surface area contributed by atoms with Crippen molar-refractivity contribution in [1.29, 1.82) is 0 Å². The zero-order valence-electron chi connectivity index (χ0n) is 24.2. The SMILES string of the molecule is C=CC[N+]1(C)CC[C@]23C4=C5C=CC(O)(NC(=O)C(OC(F)(F)F)=C(OC(C)=O)c6ccccc6)C4O[C@H]2CCC[C@H]3[C@H]1C5. The molecule has 43 heavy (non-hydrogen) atoms. The minimum Gasteiger partial charge on any atom is -0.422 e. The van der Waals surface area contributed by atoms with E-state index in [1.807, 2.05) is 6.08 Å². The lowest BCUT2D eigenvalue weighted by Crippen LogP contribution is -2.69. The van der Waals surface area contributed by atoms with Crippen LogP contribution in [0.15, 0.2) is 72.0 Å². The molecule has 2 bridgehead atoms. The maximum atomic E-state index is 13.7. The van der Waals surface area contributed by atoms with E-state index < -0.39 is 41.6 Å². The van der Waals surface area contributed by atoms with Gasteiger partial charge in [-0.3, -0.25) is 9.59 Å². The van der Waals surface area contributed by atoms with E-state index in [1.165, 1.54) is 30.3 Å². The van der Waals surface area contributed by atoms with Gasteiger partial charge in [-0.2, -0.15) is 0 Å².